The summed E-state index contributed by atoms with van der Waals surface area (Å²) in [6, 6.07) is 4.74. The zero-order valence-electron chi connectivity index (χ0n) is 15.1. The third-order valence-corrected chi connectivity index (χ3v) is 4.83. The van der Waals surface area contributed by atoms with E-state index in [9.17, 15) is 9.59 Å². The predicted molar refractivity (Wildman–Crippen MR) is 95.4 cm³/mol. The lowest BCUT2D eigenvalue weighted by atomic mass is 10.1. The molecule has 0 aliphatic carbocycles. The van der Waals surface area contributed by atoms with Crippen LogP contribution >= 0.6 is 0 Å². The number of anilines is 1. The first-order valence-corrected chi connectivity index (χ1v) is 8.76. The van der Waals surface area contributed by atoms with Gasteiger partial charge in [-0.25, -0.2) is 0 Å². The van der Waals surface area contributed by atoms with Crippen LogP contribution in [0.5, 0.6) is 11.5 Å². The van der Waals surface area contributed by atoms with E-state index in [-0.39, 0.29) is 17.9 Å². The smallest absolute Gasteiger partial charge is 0.249 e. The van der Waals surface area contributed by atoms with Gasteiger partial charge in [-0.05, 0) is 19.3 Å². The number of hydrogen-bond donors (Lipinski definition) is 2. The Morgan fingerprint density at radius 1 is 1.23 bits per heavy atom. The average Bonchev–Trinajstić information content (AvgIpc) is 3.28. The van der Waals surface area contributed by atoms with Crippen molar-refractivity contribution in [2.45, 2.75) is 37.5 Å². The fraction of sp³-hybridized carbons (Fsp3) is 0.556. The lowest BCUT2D eigenvalue weighted by Crippen LogP contribution is -2.45. The number of methoxy groups -OCH3 is 2. The summed E-state index contributed by atoms with van der Waals surface area (Å²) in [5, 5.41) is 2.81. The molecule has 2 aliphatic rings. The molecule has 3 rings (SSSR count). The van der Waals surface area contributed by atoms with E-state index in [4.69, 9.17) is 19.9 Å². The van der Waals surface area contributed by atoms with Crippen LogP contribution in [0.1, 0.15) is 19.3 Å². The first-order valence-electron chi connectivity index (χ1n) is 8.76. The molecule has 142 valence electrons. The second kappa shape index (κ2) is 7.92. The molecule has 0 radical (unpaired) electrons. The molecular weight excluding hydrogens is 338 g/mol. The Labute approximate surface area is 152 Å². The van der Waals surface area contributed by atoms with Gasteiger partial charge in [0.2, 0.25) is 11.8 Å². The van der Waals surface area contributed by atoms with E-state index in [1.165, 1.54) is 0 Å². The SMILES string of the molecule is COc1cc(OC)cc(N2CCC(NC(=O)[C@@H]3CC[C@H](CN)O3)C2=O)c1. The standard InChI is InChI=1S/C18H25N3O5/c1-24-13-7-11(8-14(9-13)25-2)21-6-5-15(18(21)23)20-17(22)16-4-3-12(10-19)26-16/h7-9,12,15-16H,3-6,10,19H2,1-2H3,(H,20,22)/t12-,15?,16+/m1/s1. The number of carbonyl (C=O) groups excluding carboxylic acids is 2. The van der Waals surface area contributed by atoms with E-state index in [1.54, 1.807) is 37.3 Å². The fourth-order valence-electron chi connectivity index (χ4n) is 3.36. The Morgan fingerprint density at radius 2 is 1.92 bits per heavy atom. The molecule has 2 aliphatic heterocycles. The highest BCUT2D eigenvalue weighted by atomic mass is 16.5. The predicted octanol–water partition coefficient (Wildman–Crippen LogP) is 0.432. The summed E-state index contributed by atoms with van der Waals surface area (Å²) in [5.74, 6) is 0.810. The van der Waals surface area contributed by atoms with Crippen molar-refractivity contribution in [3.05, 3.63) is 18.2 Å². The molecule has 2 heterocycles. The Balaban J connectivity index is 1.66. The van der Waals surface area contributed by atoms with Crippen LogP contribution in [-0.2, 0) is 14.3 Å². The van der Waals surface area contributed by atoms with E-state index in [2.05, 4.69) is 5.32 Å². The van der Waals surface area contributed by atoms with E-state index in [0.717, 1.165) is 6.42 Å². The quantitative estimate of drug-likeness (QED) is 0.760. The molecule has 2 saturated heterocycles. The molecule has 3 N–H and O–H groups in total. The number of nitrogens with zero attached hydrogens (tertiary/aromatic N) is 1. The van der Waals surface area contributed by atoms with Gasteiger partial charge in [0.25, 0.3) is 0 Å². The highest BCUT2D eigenvalue weighted by Gasteiger charge is 2.37. The van der Waals surface area contributed by atoms with Crippen molar-refractivity contribution >= 4 is 17.5 Å². The molecule has 3 atom stereocenters. The van der Waals surface area contributed by atoms with Crippen LogP contribution in [-0.4, -0.2) is 57.4 Å². The number of ether oxygens (including phenoxy) is 3. The number of amides is 2. The lowest BCUT2D eigenvalue weighted by molar-refractivity contribution is -0.134. The minimum Gasteiger partial charge on any atom is -0.497 e. The molecule has 1 aromatic carbocycles. The minimum absolute atomic E-state index is 0.0780. The van der Waals surface area contributed by atoms with Crippen molar-refractivity contribution in [2.24, 2.45) is 5.73 Å². The number of benzene rings is 1. The zero-order chi connectivity index (χ0) is 18.7. The van der Waals surface area contributed by atoms with E-state index < -0.39 is 12.1 Å². The van der Waals surface area contributed by atoms with Crippen LogP contribution < -0.4 is 25.4 Å². The molecule has 0 saturated carbocycles. The normalized spacial score (nSPS) is 25.4. The Morgan fingerprint density at radius 3 is 2.50 bits per heavy atom. The highest BCUT2D eigenvalue weighted by Crippen LogP contribution is 2.31. The summed E-state index contributed by atoms with van der Waals surface area (Å²) in [5.41, 5.74) is 6.26. The third kappa shape index (κ3) is 3.76. The van der Waals surface area contributed by atoms with Crippen LogP contribution in [0.4, 0.5) is 5.69 Å². The fourth-order valence-corrected chi connectivity index (χ4v) is 3.36. The molecule has 1 aromatic rings. The lowest BCUT2D eigenvalue weighted by Gasteiger charge is -2.20. The Kier molecular flexibility index (Phi) is 5.63. The number of carbonyl (C=O) groups is 2. The summed E-state index contributed by atoms with van der Waals surface area (Å²) in [4.78, 5) is 26.7. The van der Waals surface area contributed by atoms with E-state index in [0.29, 0.717) is 43.1 Å². The first kappa shape index (κ1) is 18.5. The molecular formula is C18H25N3O5. The van der Waals surface area contributed by atoms with Gasteiger partial charge < -0.3 is 30.2 Å². The van der Waals surface area contributed by atoms with Crippen molar-refractivity contribution in [2.75, 3.05) is 32.2 Å². The summed E-state index contributed by atoms with van der Waals surface area (Å²) < 4.78 is 16.1. The van der Waals surface area contributed by atoms with Gasteiger partial charge in [-0.1, -0.05) is 0 Å². The molecule has 0 spiro atoms. The van der Waals surface area contributed by atoms with Gasteiger partial charge in [0.1, 0.15) is 23.6 Å². The summed E-state index contributed by atoms with van der Waals surface area (Å²) in [7, 11) is 3.12. The molecule has 1 unspecified atom stereocenters. The molecule has 8 heteroatoms. The van der Waals surface area contributed by atoms with Gasteiger partial charge in [-0.2, -0.15) is 0 Å². The number of rotatable bonds is 6. The van der Waals surface area contributed by atoms with Crippen LogP contribution in [0.2, 0.25) is 0 Å². The molecule has 2 amide bonds. The Hall–Kier alpha value is -2.32. The third-order valence-electron chi connectivity index (χ3n) is 4.83. The van der Waals surface area contributed by atoms with Crippen LogP contribution in [0.15, 0.2) is 18.2 Å². The maximum absolute atomic E-state index is 12.7. The van der Waals surface area contributed by atoms with Crippen molar-refractivity contribution in [3.8, 4) is 11.5 Å². The second-order valence-electron chi connectivity index (χ2n) is 6.47. The summed E-state index contributed by atoms with van der Waals surface area (Å²) in [6.07, 6.45) is 1.33. The average molecular weight is 363 g/mol. The monoisotopic (exact) mass is 363 g/mol. The van der Waals surface area contributed by atoms with E-state index >= 15 is 0 Å². The number of hydrogen-bond acceptors (Lipinski definition) is 6. The molecule has 2 fully saturated rings. The van der Waals surface area contributed by atoms with Gasteiger partial charge >= 0.3 is 0 Å². The Bertz CT molecular complexity index is 659. The second-order valence-corrected chi connectivity index (χ2v) is 6.47. The topological polar surface area (TPSA) is 103 Å². The van der Waals surface area contributed by atoms with Crippen LogP contribution in [0.3, 0.4) is 0 Å². The van der Waals surface area contributed by atoms with Crippen molar-refractivity contribution in [3.63, 3.8) is 0 Å². The van der Waals surface area contributed by atoms with Crippen molar-refractivity contribution in [1.82, 2.24) is 5.32 Å². The molecule has 8 nitrogen and oxygen atoms in total. The summed E-state index contributed by atoms with van der Waals surface area (Å²) in [6.45, 7) is 0.911. The largest absolute Gasteiger partial charge is 0.497 e. The minimum atomic E-state index is -0.555. The van der Waals surface area contributed by atoms with E-state index in [1.807, 2.05) is 0 Å². The van der Waals surface area contributed by atoms with Crippen LogP contribution in [0, 0.1) is 0 Å². The van der Waals surface area contributed by atoms with Gasteiger partial charge in [-0.3, -0.25) is 9.59 Å². The van der Waals surface area contributed by atoms with Gasteiger partial charge in [0.05, 0.1) is 26.0 Å². The van der Waals surface area contributed by atoms with Gasteiger partial charge in [0.15, 0.2) is 0 Å². The highest BCUT2D eigenvalue weighted by molar-refractivity contribution is 6.02. The van der Waals surface area contributed by atoms with Gasteiger partial charge in [0, 0.05) is 31.3 Å². The first-order chi connectivity index (χ1) is 12.5. The summed E-state index contributed by atoms with van der Waals surface area (Å²) >= 11 is 0. The molecule has 26 heavy (non-hydrogen) atoms. The maximum Gasteiger partial charge on any atom is 0.249 e. The molecule has 0 aromatic heterocycles. The van der Waals surface area contributed by atoms with Crippen molar-refractivity contribution < 1.29 is 23.8 Å². The number of nitrogens with one attached hydrogen (secondary N) is 1. The van der Waals surface area contributed by atoms with Crippen LogP contribution in [0.25, 0.3) is 0 Å². The maximum atomic E-state index is 12.7. The van der Waals surface area contributed by atoms with Crippen molar-refractivity contribution in [1.29, 1.82) is 0 Å². The number of nitrogens with two attached hydrogens (primary N) is 1. The zero-order valence-corrected chi connectivity index (χ0v) is 15.1. The molecule has 0 bridgehead atoms. The van der Waals surface area contributed by atoms with Gasteiger partial charge in [-0.15, -0.1) is 0 Å².